The van der Waals surface area contributed by atoms with Crippen molar-refractivity contribution in [2.45, 2.75) is 51.1 Å². The first-order valence-corrected chi connectivity index (χ1v) is 12.1. The van der Waals surface area contributed by atoms with Crippen molar-refractivity contribution in [2.75, 3.05) is 47.3 Å². The number of amides is 4. The molecule has 34 heavy (non-hydrogen) atoms. The van der Waals surface area contributed by atoms with E-state index in [2.05, 4.69) is 57.2 Å². The van der Waals surface area contributed by atoms with Gasteiger partial charge in [0.25, 0.3) is 5.91 Å². The molecule has 0 aromatic heterocycles. The molecule has 1 unspecified atom stereocenters. The minimum Gasteiger partial charge on any atom is -0.341 e. The number of benzene rings is 1. The lowest BCUT2D eigenvalue weighted by Gasteiger charge is -2.35. The lowest BCUT2D eigenvalue weighted by Crippen LogP contribution is -2.48. The fourth-order valence-corrected chi connectivity index (χ4v) is 5.07. The first-order chi connectivity index (χ1) is 16.0. The smallest absolute Gasteiger partial charge is 0.322 e. The molecule has 0 spiro atoms. The number of nitrogens with one attached hydrogen (secondary N) is 1. The Bertz CT molecular complexity index is 1000. The lowest BCUT2D eigenvalue weighted by molar-refractivity contribution is -0.138. The van der Waals surface area contributed by atoms with E-state index >= 15 is 0 Å². The van der Waals surface area contributed by atoms with Crippen LogP contribution < -0.4 is 5.32 Å². The highest BCUT2D eigenvalue weighted by atomic mass is 16.2. The van der Waals surface area contributed by atoms with Gasteiger partial charge in [-0.3, -0.25) is 14.5 Å². The summed E-state index contributed by atoms with van der Waals surface area (Å²) >= 11 is 0. The number of urea groups is 1. The average molecular weight is 468 g/mol. The normalized spacial score (nSPS) is 22.0. The van der Waals surface area contributed by atoms with Crippen molar-refractivity contribution in [3.05, 3.63) is 46.7 Å². The predicted octanol–water partition coefficient (Wildman–Crippen LogP) is 2.33. The van der Waals surface area contributed by atoms with Gasteiger partial charge >= 0.3 is 6.03 Å². The van der Waals surface area contributed by atoms with Gasteiger partial charge in [-0.05, 0) is 43.5 Å². The molecule has 1 atom stereocenters. The largest absolute Gasteiger partial charge is 0.341 e. The van der Waals surface area contributed by atoms with Crippen molar-refractivity contribution in [3.63, 3.8) is 0 Å². The molecule has 0 bridgehead atoms. The number of piperidine rings is 1. The molecule has 0 aliphatic carbocycles. The van der Waals surface area contributed by atoms with E-state index < -0.39 is 6.04 Å². The third-order valence-electron chi connectivity index (χ3n) is 7.42. The minimum atomic E-state index is -0.517. The summed E-state index contributed by atoms with van der Waals surface area (Å²) in [6, 6.07) is 7.81. The Morgan fingerprint density at radius 3 is 2.26 bits per heavy atom. The molecule has 8 nitrogen and oxygen atoms in total. The van der Waals surface area contributed by atoms with Crippen molar-refractivity contribution in [1.29, 1.82) is 0 Å². The van der Waals surface area contributed by atoms with E-state index in [1.165, 1.54) is 10.5 Å². The molecule has 1 saturated heterocycles. The summed E-state index contributed by atoms with van der Waals surface area (Å²) in [6.45, 7) is 8.18. The SMILES string of the molecule is CN1C(=O)NC(c2ccc(C(C)(C)C)cc2)C2=C1CN(CC(=O)N1CCC(N(C)C)CC1)C2=O. The summed E-state index contributed by atoms with van der Waals surface area (Å²) in [5, 5.41) is 2.98. The Labute approximate surface area is 202 Å². The van der Waals surface area contributed by atoms with Gasteiger partial charge in [-0.1, -0.05) is 45.0 Å². The fraction of sp³-hybridized carbons (Fsp3) is 0.577. The molecule has 0 saturated carbocycles. The van der Waals surface area contributed by atoms with Crippen LogP contribution in [0.4, 0.5) is 4.79 Å². The first-order valence-electron chi connectivity index (χ1n) is 12.1. The molecule has 1 fully saturated rings. The van der Waals surface area contributed by atoms with Crippen LogP contribution in [0.25, 0.3) is 0 Å². The number of carbonyl (C=O) groups excluding carboxylic acids is 3. The Balaban J connectivity index is 1.50. The number of likely N-dealkylation sites (tertiary alicyclic amines) is 1. The highest BCUT2D eigenvalue weighted by Crippen LogP contribution is 2.36. The van der Waals surface area contributed by atoms with Crippen molar-refractivity contribution < 1.29 is 14.4 Å². The van der Waals surface area contributed by atoms with Crippen LogP contribution in [-0.2, 0) is 15.0 Å². The number of nitrogens with zero attached hydrogens (tertiary/aromatic N) is 4. The van der Waals surface area contributed by atoms with E-state index in [0.29, 0.717) is 30.4 Å². The van der Waals surface area contributed by atoms with Gasteiger partial charge < -0.3 is 20.0 Å². The summed E-state index contributed by atoms with van der Waals surface area (Å²) in [5.74, 6) is -0.207. The maximum Gasteiger partial charge on any atom is 0.322 e. The van der Waals surface area contributed by atoms with Crippen molar-refractivity contribution >= 4 is 17.8 Å². The molecule has 0 radical (unpaired) electrons. The van der Waals surface area contributed by atoms with E-state index in [0.717, 1.165) is 18.4 Å². The van der Waals surface area contributed by atoms with Crippen molar-refractivity contribution in [2.24, 2.45) is 0 Å². The Morgan fingerprint density at radius 2 is 1.71 bits per heavy atom. The molecule has 3 heterocycles. The number of likely N-dealkylation sites (N-methyl/N-ethyl adjacent to an activating group) is 1. The molecule has 3 aliphatic rings. The minimum absolute atomic E-state index is 0.0142. The maximum atomic E-state index is 13.5. The van der Waals surface area contributed by atoms with Crippen LogP contribution in [0.5, 0.6) is 0 Å². The zero-order chi connectivity index (χ0) is 24.8. The van der Waals surface area contributed by atoms with Crippen LogP contribution in [0.1, 0.15) is 50.8 Å². The van der Waals surface area contributed by atoms with E-state index in [-0.39, 0.29) is 36.3 Å². The van der Waals surface area contributed by atoms with Gasteiger partial charge in [-0.15, -0.1) is 0 Å². The van der Waals surface area contributed by atoms with Gasteiger partial charge in [0, 0.05) is 26.2 Å². The van der Waals surface area contributed by atoms with Gasteiger partial charge in [-0.25, -0.2) is 4.79 Å². The maximum absolute atomic E-state index is 13.5. The lowest BCUT2D eigenvalue weighted by atomic mass is 9.85. The number of hydrogen-bond acceptors (Lipinski definition) is 4. The van der Waals surface area contributed by atoms with E-state index in [1.54, 1.807) is 11.9 Å². The second-order valence-corrected chi connectivity index (χ2v) is 10.9. The van der Waals surface area contributed by atoms with Crippen LogP contribution >= 0.6 is 0 Å². The number of hydrogen-bond donors (Lipinski definition) is 1. The predicted molar refractivity (Wildman–Crippen MR) is 131 cm³/mol. The van der Waals surface area contributed by atoms with Gasteiger partial charge in [0.05, 0.1) is 23.9 Å². The molecule has 1 aromatic carbocycles. The monoisotopic (exact) mass is 467 g/mol. The Hall–Kier alpha value is -2.87. The van der Waals surface area contributed by atoms with E-state index in [9.17, 15) is 14.4 Å². The van der Waals surface area contributed by atoms with E-state index in [1.807, 2.05) is 17.0 Å². The molecule has 184 valence electrons. The molecular weight excluding hydrogens is 430 g/mol. The molecule has 3 aliphatic heterocycles. The zero-order valence-electron chi connectivity index (χ0n) is 21.2. The first kappa shape index (κ1) is 24.3. The third kappa shape index (κ3) is 4.56. The van der Waals surface area contributed by atoms with Crippen LogP contribution in [0, 0.1) is 0 Å². The Kier molecular flexibility index (Phi) is 6.46. The van der Waals surface area contributed by atoms with Crippen LogP contribution in [-0.4, -0.2) is 90.8 Å². The van der Waals surface area contributed by atoms with E-state index in [4.69, 9.17) is 0 Å². The molecule has 4 amide bonds. The molecule has 1 aromatic rings. The summed E-state index contributed by atoms with van der Waals surface area (Å²) in [7, 11) is 5.81. The summed E-state index contributed by atoms with van der Waals surface area (Å²) < 4.78 is 0. The van der Waals surface area contributed by atoms with Crippen molar-refractivity contribution in [1.82, 2.24) is 24.9 Å². The third-order valence-corrected chi connectivity index (χ3v) is 7.42. The van der Waals surface area contributed by atoms with Crippen LogP contribution in [0.2, 0.25) is 0 Å². The molecular formula is C26H37N5O3. The van der Waals surface area contributed by atoms with Gasteiger partial charge in [0.1, 0.15) is 6.54 Å². The van der Waals surface area contributed by atoms with Gasteiger partial charge in [0.2, 0.25) is 5.91 Å². The van der Waals surface area contributed by atoms with Gasteiger partial charge in [0.15, 0.2) is 0 Å². The standard InChI is InChI=1S/C26H37N5O3/c1-26(2,3)18-9-7-17(8-10-18)23-22-20(29(6)25(34)27-23)15-31(24(22)33)16-21(32)30-13-11-19(12-14-30)28(4)5/h7-10,19,23H,11-16H2,1-6H3,(H,27,34). The van der Waals surface area contributed by atoms with Crippen molar-refractivity contribution in [3.8, 4) is 0 Å². The summed E-state index contributed by atoms with van der Waals surface area (Å²) in [4.78, 5) is 46.3. The zero-order valence-corrected chi connectivity index (χ0v) is 21.2. The molecule has 4 rings (SSSR count). The topological polar surface area (TPSA) is 76.2 Å². The quantitative estimate of drug-likeness (QED) is 0.738. The van der Waals surface area contributed by atoms with Crippen LogP contribution in [0.3, 0.4) is 0 Å². The number of carbonyl (C=O) groups is 3. The molecule has 1 N–H and O–H groups in total. The second-order valence-electron chi connectivity index (χ2n) is 10.9. The second kappa shape index (κ2) is 9.06. The fourth-order valence-electron chi connectivity index (χ4n) is 5.07. The van der Waals surface area contributed by atoms with Crippen LogP contribution in [0.15, 0.2) is 35.5 Å². The summed E-state index contributed by atoms with van der Waals surface area (Å²) in [5.41, 5.74) is 3.31. The average Bonchev–Trinajstić information content (AvgIpc) is 3.12. The molecule has 8 heteroatoms. The number of rotatable bonds is 4. The summed E-state index contributed by atoms with van der Waals surface area (Å²) in [6.07, 6.45) is 1.88. The highest BCUT2D eigenvalue weighted by Gasteiger charge is 2.43. The van der Waals surface area contributed by atoms with Gasteiger partial charge in [-0.2, -0.15) is 0 Å². The highest BCUT2D eigenvalue weighted by molar-refractivity contribution is 6.02. The Morgan fingerprint density at radius 1 is 1.09 bits per heavy atom.